The van der Waals surface area contributed by atoms with Gasteiger partial charge < -0.3 is 5.73 Å². The van der Waals surface area contributed by atoms with E-state index in [2.05, 4.69) is 56.3 Å². The molecule has 2 heterocycles. The zero-order valence-corrected chi connectivity index (χ0v) is 12.8. The molecule has 5 heteroatoms. The minimum Gasteiger partial charge on any atom is -0.320 e. The Morgan fingerprint density at radius 2 is 2.07 bits per heavy atom. The minimum absolute atomic E-state index is 0.0115. The summed E-state index contributed by atoms with van der Waals surface area (Å²) in [7, 11) is 0. The Morgan fingerprint density at radius 1 is 1.33 bits per heavy atom. The molecule has 0 aliphatic rings. The van der Waals surface area contributed by atoms with Crippen LogP contribution in [0.3, 0.4) is 0 Å². The van der Waals surface area contributed by atoms with Crippen molar-refractivity contribution in [2.75, 3.05) is 0 Å². The van der Waals surface area contributed by atoms with E-state index in [1.54, 1.807) is 22.7 Å². The SMILES string of the molecule is Cc1sc(C(N)c2csc(Br)c2)cc1Br. The van der Waals surface area contributed by atoms with Crippen molar-refractivity contribution in [2.24, 2.45) is 5.73 Å². The highest BCUT2D eigenvalue weighted by molar-refractivity contribution is 9.11. The van der Waals surface area contributed by atoms with E-state index in [0.717, 1.165) is 8.26 Å². The number of hydrogen-bond donors (Lipinski definition) is 1. The van der Waals surface area contributed by atoms with Crippen molar-refractivity contribution in [1.29, 1.82) is 0 Å². The van der Waals surface area contributed by atoms with Crippen LogP contribution in [-0.2, 0) is 0 Å². The van der Waals surface area contributed by atoms with Gasteiger partial charge in [0.1, 0.15) is 0 Å². The summed E-state index contributed by atoms with van der Waals surface area (Å²) in [5.41, 5.74) is 7.35. The summed E-state index contributed by atoms with van der Waals surface area (Å²) in [5, 5.41) is 2.09. The van der Waals surface area contributed by atoms with E-state index in [1.807, 2.05) is 0 Å². The lowest BCUT2D eigenvalue weighted by atomic mass is 10.1. The predicted molar refractivity (Wildman–Crippen MR) is 74.8 cm³/mol. The van der Waals surface area contributed by atoms with Crippen LogP contribution < -0.4 is 5.73 Å². The molecule has 1 atom stereocenters. The number of nitrogens with two attached hydrogens (primary N) is 1. The summed E-state index contributed by atoms with van der Waals surface area (Å²) in [6.07, 6.45) is 0. The molecule has 0 aliphatic carbocycles. The van der Waals surface area contributed by atoms with E-state index in [0.29, 0.717) is 0 Å². The lowest BCUT2D eigenvalue weighted by Gasteiger charge is -2.06. The molecule has 0 radical (unpaired) electrons. The van der Waals surface area contributed by atoms with Gasteiger partial charge in [0.15, 0.2) is 0 Å². The molecule has 0 fully saturated rings. The monoisotopic (exact) mass is 365 g/mol. The Kier molecular flexibility index (Phi) is 3.67. The zero-order valence-electron chi connectivity index (χ0n) is 7.96. The number of thiophene rings is 2. The van der Waals surface area contributed by atoms with Crippen LogP contribution in [0.15, 0.2) is 25.8 Å². The number of halogens is 2. The molecule has 0 aliphatic heterocycles. The molecule has 1 unspecified atom stereocenters. The highest BCUT2D eigenvalue weighted by Gasteiger charge is 2.14. The van der Waals surface area contributed by atoms with E-state index in [1.165, 1.54) is 15.3 Å². The molecule has 0 spiro atoms. The van der Waals surface area contributed by atoms with Crippen LogP contribution >= 0.6 is 54.5 Å². The van der Waals surface area contributed by atoms with Crippen LogP contribution in [0.25, 0.3) is 0 Å². The normalized spacial score (nSPS) is 13.1. The fourth-order valence-electron chi connectivity index (χ4n) is 1.29. The van der Waals surface area contributed by atoms with Crippen molar-refractivity contribution < 1.29 is 0 Å². The van der Waals surface area contributed by atoms with Gasteiger partial charge in [-0.2, -0.15) is 0 Å². The maximum Gasteiger partial charge on any atom is 0.0701 e. The average molecular weight is 367 g/mol. The van der Waals surface area contributed by atoms with Gasteiger partial charge in [0.2, 0.25) is 0 Å². The van der Waals surface area contributed by atoms with Gasteiger partial charge in [-0.25, -0.2) is 0 Å². The molecule has 2 N–H and O–H groups in total. The minimum atomic E-state index is -0.0115. The fourth-order valence-corrected chi connectivity index (χ4v) is 4.09. The van der Waals surface area contributed by atoms with Crippen LogP contribution in [0, 0.1) is 6.92 Å². The van der Waals surface area contributed by atoms with E-state index in [-0.39, 0.29) is 6.04 Å². The molecule has 0 saturated carbocycles. The Bertz CT molecular complexity index is 456. The Labute approximate surface area is 114 Å². The van der Waals surface area contributed by atoms with Gasteiger partial charge in [-0.1, -0.05) is 0 Å². The van der Waals surface area contributed by atoms with Gasteiger partial charge in [0.05, 0.1) is 9.83 Å². The van der Waals surface area contributed by atoms with E-state index < -0.39 is 0 Å². The van der Waals surface area contributed by atoms with E-state index in [9.17, 15) is 0 Å². The lowest BCUT2D eigenvalue weighted by molar-refractivity contribution is 0.898. The third kappa shape index (κ3) is 2.53. The second-order valence-corrected chi connectivity index (χ2v) is 7.65. The summed E-state index contributed by atoms with van der Waals surface area (Å²) < 4.78 is 2.27. The molecule has 2 rings (SSSR count). The molecule has 80 valence electrons. The molecule has 0 bridgehead atoms. The zero-order chi connectivity index (χ0) is 11.0. The van der Waals surface area contributed by atoms with Crippen molar-refractivity contribution in [3.63, 3.8) is 0 Å². The number of hydrogen-bond acceptors (Lipinski definition) is 3. The Balaban J connectivity index is 2.31. The second kappa shape index (κ2) is 4.67. The Morgan fingerprint density at radius 3 is 2.53 bits per heavy atom. The summed E-state index contributed by atoms with van der Waals surface area (Å²) in [6, 6.07) is 4.18. The maximum atomic E-state index is 6.19. The van der Waals surface area contributed by atoms with Crippen molar-refractivity contribution in [2.45, 2.75) is 13.0 Å². The lowest BCUT2D eigenvalue weighted by Crippen LogP contribution is -2.08. The Hall–Kier alpha value is 0.320. The molecule has 15 heavy (non-hydrogen) atoms. The molecule has 0 amide bonds. The first-order chi connectivity index (χ1) is 7.08. The van der Waals surface area contributed by atoms with Crippen LogP contribution in [-0.4, -0.2) is 0 Å². The molecular weight excluding hydrogens is 358 g/mol. The van der Waals surface area contributed by atoms with Crippen LogP contribution in [0.2, 0.25) is 0 Å². The van der Waals surface area contributed by atoms with Gasteiger partial charge in [0.25, 0.3) is 0 Å². The highest BCUT2D eigenvalue weighted by atomic mass is 79.9. The molecule has 2 aromatic heterocycles. The van der Waals surface area contributed by atoms with Crippen molar-refractivity contribution in [3.8, 4) is 0 Å². The van der Waals surface area contributed by atoms with Gasteiger partial charge in [-0.05, 0) is 61.9 Å². The van der Waals surface area contributed by atoms with E-state index >= 15 is 0 Å². The van der Waals surface area contributed by atoms with Crippen molar-refractivity contribution in [1.82, 2.24) is 0 Å². The van der Waals surface area contributed by atoms with Gasteiger partial charge in [-0.15, -0.1) is 22.7 Å². The number of aryl methyl sites for hydroxylation is 1. The largest absolute Gasteiger partial charge is 0.320 e. The van der Waals surface area contributed by atoms with Crippen LogP contribution in [0.5, 0.6) is 0 Å². The number of rotatable bonds is 2. The fraction of sp³-hybridized carbons (Fsp3) is 0.200. The van der Waals surface area contributed by atoms with Crippen molar-refractivity contribution in [3.05, 3.63) is 41.1 Å². The van der Waals surface area contributed by atoms with E-state index in [4.69, 9.17) is 5.73 Å². The maximum absolute atomic E-state index is 6.19. The molecule has 0 saturated heterocycles. The predicted octanol–water partition coefficient (Wildman–Crippen LogP) is 4.69. The standard InChI is InChI=1S/C10H9Br2NS2/c1-5-7(11)3-8(15-5)10(13)6-2-9(12)14-4-6/h2-4,10H,13H2,1H3. The van der Waals surface area contributed by atoms with Crippen LogP contribution in [0.4, 0.5) is 0 Å². The highest BCUT2D eigenvalue weighted by Crippen LogP contribution is 2.34. The summed E-state index contributed by atoms with van der Waals surface area (Å²) in [6.45, 7) is 2.09. The van der Waals surface area contributed by atoms with Crippen molar-refractivity contribution >= 4 is 54.5 Å². The molecule has 2 aromatic rings. The smallest absolute Gasteiger partial charge is 0.0701 e. The summed E-state index contributed by atoms with van der Waals surface area (Å²) >= 11 is 10.4. The van der Waals surface area contributed by atoms with Gasteiger partial charge in [-0.3, -0.25) is 0 Å². The molecular formula is C10H9Br2NS2. The van der Waals surface area contributed by atoms with Gasteiger partial charge in [0, 0.05) is 14.2 Å². The second-order valence-electron chi connectivity index (χ2n) is 3.21. The third-order valence-corrected chi connectivity index (χ3v) is 5.87. The summed E-state index contributed by atoms with van der Waals surface area (Å²) in [4.78, 5) is 2.47. The first-order valence-corrected chi connectivity index (χ1v) is 7.61. The quantitative estimate of drug-likeness (QED) is 0.819. The molecule has 1 nitrogen and oxygen atoms in total. The molecule has 0 aromatic carbocycles. The van der Waals surface area contributed by atoms with Crippen LogP contribution in [0.1, 0.15) is 21.4 Å². The first kappa shape index (κ1) is 11.8. The van der Waals surface area contributed by atoms with Gasteiger partial charge >= 0.3 is 0 Å². The first-order valence-electron chi connectivity index (χ1n) is 4.33. The topological polar surface area (TPSA) is 26.0 Å². The average Bonchev–Trinajstić information content (AvgIpc) is 2.74. The third-order valence-electron chi connectivity index (χ3n) is 2.13. The summed E-state index contributed by atoms with van der Waals surface area (Å²) in [5.74, 6) is 0.